The molecule has 0 saturated carbocycles. The van der Waals surface area contributed by atoms with Gasteiger partial charge in [-0.05, 0) is 39.7 Å². The number of hydrogen-bond acceptors (Lipinski definition) is 8. The minimum atomic E-state index is -0.318. The van der Waals surface area contributed by atoms with Gasteiger partial charge in [-0.15, -0.1) is 11.3 Å². The van der Waals surface area contributed by atoms with Gasteiger partial charge in [-0.1, -0.05) is 0 Å². The maximum absolute atomic E-state index is 12.7. The van der Waals surface area contributed by atoms with Gasteiger partial charge in [0.05, 0.1) is 24.6 Å². The van der Waals surface area contributed by atoms with E-state index in [0.29, 0.717) is 29.9 Å². The summed E-state index contributed by atoms with van der Waals surface area (Å²) in [5.41, 5.74) is 2.45. The molecule has 0 radical (unpaired) electrons. The lowest BCUT2D eigenvalue weighted by Crippen LogP contribution is -2.41. The van der Waals surface area contributed by atoms with Gasteiger partial charge in [0, 0.05) is 29.9 Å². The van der Waals surface area contributed by atoms with Crippen LogP contribution in [0.15, 0.2) is 11.4 Å². The van der Waals surface area contributed by atoms with Crippen molar-refractivity contribution in [3.63, 3.8) is 0 Å². The van der Waals surface area contributed by atoms with E-state index in [-0.39, 0.29) is 24.2 Å². The number of piperidine rings is 1. The topological polar surface area (TPSA) is 97.3 Å². The van der Waals surface area contributed by atoms with E-state index in [4.69, 9.17) is 4.74 Å². The lowest BCUT2D eigenvalue weighted by molar-refractivity contribution is -0.142. The van der Waals surface area contributed by atoms with Gasteiger partial charge in [-0.25, -0.2) is 15.0 Å². The zero-order valence-corrected chi connectivity index (χ0v) is 17.2. The smallest absolute Gasteiger partial charge is 0.311 e. The van der Waals surface area contributed by atoms with Crippen LogP contribution in [0.1, 0.15) is 36.8 Å². The third-order valence-electron chi connectivity index (χ3n) is 4.46. The Morgan fingerprint density at radius 2 is 2.04 bits per heavy atom. The summed E-state index contributed by atoms with van der Waals surface area (Å²) < 4.78 is 4.92. The molecule has 28 heavy (non-hydrogen) atoms. The molecular weight excluding hydrogens is 378 g/mol. The number of esters is 1. The van der Waals surface area contributed by atoms with Crippen molar-refractivity contribution in [3.05, 3.63) is 28.5 Å². The number of aryl methyl sites for hydroxylation is 2. The van der Waals surface area contributed by atoms with Crippen LogP contribution >= 0.6 is 11.3 Å². The highest BCUT2D eigenvalue weighted by Crippen LogP contribution is 2.23. The van der Waals surface area contributed by atoms with E-state index in [2.05, 4.69) is 25.2 Å². The van der Waals surface area contributed by atoms with E-state index in [1.165, 1.54) is 11.3 Å². The van der Waals surface area contributed by atoms with Gasteiger partial charge in [-0.2, -0.15) is 0 Å². The third kappa shape index (κ3) is 5.25. The van der Waals surface area contributed by atoms with Crippen molar-refractivity contribution >= 4 is 34.3 Å². The van der Waals surface area contributed by atoms with E-state index >= 15 is 0 Å². The zero-order chi connectivity index (χ0) is 20.1. The van der Waals surface area contributed by atoms with Crippen LogP contribution in [0.2, 0.25) is 0 Å². The highest BCUT2D eigenvalue weighted by atomic mass is 32.1. The summed E-state index contributed by atoms with van der Waals surface area (Å²) >= 11 is 1.31. The fraction of sp³-hybridized carbons (Fsp3) is 0.526. The summed E-state index contributed by atoms with van der Waals surface area (Å²) in [6.07, 6.45) is 1.83. The van der Waals surface area contributed by atoms with Gasteiger partial charge in [0.2, 0.25) is 11.9 Å². The standard InChI is InChI=1S/C19H25N5O3S/c1-4-27-16(25)9-15-11-28-19(22-15)23-17(26)14-6-5-7-24(10-14)18-20-12(2)8-13(3)21-18/h8,11,14H,4-7,9-10H2,1-3H3,(H,22,23,26)/t14-/m0/s1. The second-order valence-corrected chi connectivity index (χ2v) is 7.71. The molecular formula is C19H25N5O3S. The van der Waals surface area contributed by atoms with Gasteiger partial charge in [0.25, 0.3) is 0 Å². The Hall–Kier alpha value is -2.55. The normalized spacial score (nSPS) is 16.7. The second-order valence-electron chi connectivity index (χ2n) is 6.85. The molecule has 3 rings (SSSR count). The number of ether oxygens (including phenoxy) is 1. The molecule has 150 valence electrons. The van der Waals surface area contributed by atoms with Crippen LogP contribution in [-0.2, 0) is 20.7 Å². The van der Waals surface area contributed by atoms with E-state index in [0.717, 1.165) is 30.8 Å². The predicted molar refractivity (Wildman–Crippen MR) is 108 cm³/mol. The molecule has 0 spiro atoms. The average molecular weight is 404 g/mol. The average Bonchev–Trinajstić information content (AvgIpc) is 3.08. The van der Waals surface area contributed by atoms with Crippen LogP contribution in [0, 0.1) is 19.8 Å². The number of rotatable bonds is 6. The number of aromatic nitrogens is 3. The van der Waals surface area contributed by atoms with Crippen LogP contribution in [0.25, 0.3) is 0 Å². The lowest BCUT2D eigenvalue weighted by Gasteiger charge is -2.32. The van der Waals surface area contributed by atoms with Crippen LogP contribution in [0.4, 0.5) is 11.1 Å². The molecule has 1 fully saturated rings. The Kier molecular flexibility index (Phi) is 6.56. The number of anilines is 2. The zero-order valence-electron chi connectivity index (χ0n) is 16.4. The van der Waals surface area contributed by atoms with E-state index in [9.17, 15) is 9.59 Å². The summed E-state index contributed by atoms with van der Waals surface area (Å²) in [6.45, 7) is 7.42. The molecule has 0 unspecified atom stereocenters. The highest BCUT2D eigenvalue weighted by molar-refractivity contribution is 7.13. The molecule has 1 saturated heterocycles. The Morgan fingerprint density at radius 3 is 2.75 bits per heavy atom. The van der Waals surface area contributed by atoms with Gasteiger partial charge >= 0.3 is 5.97 Å². The Balaban J connectivity index is 1.60. The fourth-order valence-electron chi connectivity index (χ4n) is 3.23. The summed E-state index contributed by atoms with van der Waals surface area (Å²) in [4.78, 5) is 39.7. The van der Waals surface area contributed by atoms with Crippen molar-refractivity contribution in [2.75, 3.05) is 29.9 Å². The van der Waals surface area contributed by atoms with Crippen LogP contribution in [0.3, 0.4) is 0 Å². The fourth-order valence-corrected chi connectivity index (χ4v) is 3.95. The Morgan fingerprint density at radius 1 is 1.29 bits per heavy atom. The number of thiazole rings is 1. The number of nitrogens with zero attached hydrogens (tertiary/aromatic N) is 4. The summed E-state index contributed by atoms with van der Waals surface area (Å²) in [5, 5.41) is 5.15. The summed E-state index contributed by atoms with van der Waals surface area (Å²) in [7, 11) is 0. The first kappa shape index (κ1) is 20.2. The Labute approximate surface area is 168 Å². The summed E-state index contributed by atoms with van der Waals surface area (Å²) in [6, 6.07) is 1.94. The van der Waals surface area contributed by atoms with Gasteiger partial charge < -0.3 is 15.0 Å². The largest absolute Gasteiger partial charge is 0.466 e. The highest BCUT2D eigenvalue weighted by Gasteiger charge is 2.28. The van der Waals surface area contributed by atoms with Crippen molar-refractivity contribution in [3.8, 4) is 0 Å². The molecule has 0 aromatic carbocycles. The predicted octanol–water partition coefficient (Wildman–Crippen LogP) is 2.51. The number of amides is 1. The maximum Gasteiger partial charge on any atom is 0.311 e. The Bertz CT molecular complexity index is 834. The molecule has 3 heterocycles. The van der Waals surface area contributed by atoms with Crippen molar-refractivity contribution in [2.24, 2.45) is 5.92 Å². The van der Waals surface area contributed by atoms with Gasteiger partial charge in [0.15, 0.2) is 5.13 Å². The van der Waals surface area contributed by atoms with E-state index < -0.39 is 0 Å². The molecule has 0 bridgehead atoms. The van der Waals surface area contributed by atoms with Crippen molar-refractivity contribution in [2.45, 2.75) is 40.0 Å². The SMILES string of the molecule is CCOC(=O)Cc1csc(NC(=O)[C@H]2CCCN(c3nc(C)cc(C)n3)C2)n1. The molecule has 2 aromatic heterocycles. The minimum absolute atomic E-state index is 0.0638. The number of carbonyl (C=O) groups is 2. The van der Waals surface area contributed by atoms with Crippen LogP contribution in [0.5, 0.6) is 0 Å². The van der Waals surface area contributed by atoms with Crippen molar-refractivity contribution < 1.29 is 14.3 Å². The van der Waals surface area contributed by atoms with Crippen molar-refractivity contribution in [1.29, 1.82) is 0 Å². The molecule has 1 atom stereocenters. The monoisotopic (exact) mass is 403 g/mol. The first-order valence-electron chi connectivity index (χ1n) is 9.42. The molecule has 2 aromatic rings. The molecule has 0 aliphatic carbocycles. The van der Waals surface area contributed by atoms with Crippen LogP contribution < -0.4 is 10.2 Å². The molecule has 8 nitrogen and oxygen atoms in total. The molecule has 9 heteroatoms. The van der Waals surface area contributed by atoms with E-state index in [1.54, 1.807) is 12.3 Å². The first-order chi connectivity index (χ1) is 13.4. The lowest BCUT2D eigenvalue weighted by atomic mass is 9.97. The molecule has 1 aliphatic rings. The molecule has 1 aliphatic heterocycles. The minimum Gasteiger partial charge on any atom is -0.466 e. The van der Waals surface area contributed by atoms with E-state index in [1.807, 2.05) is 19.9 Å². The van der Waals surface area contributed by atoms with Gasteiger partial charge in [-0.3, -0.25) is 9.59 Å². The van der Waals surface area contributed by atoms with Gasteiger partial charge in [0.1, 0.15) is 0 Å². The second kappa shape index (κ2) is 9.09. The third-order valence-corrected chi connectivity index (χ3v) is 5.26. The van der Waals surface area contributed by atoms with Crippen LogP contribution in [-0.4, -0.2) is 46.5 Å². The molecule has 1 amide bonds. The quantitative estimate of drug-likeness (QED) is 0.740. The summed E-state index contributed by atoms with van der Waals surface area (Å²) in [5.74, 6) is 0.143. The number of nitrogens with one attached hydrogen (secondary N) is 1. The first-order valence-corrected chi connectivity index (χ1v) is 10.3. The maximum atomic E-state index is 12.7. The van der Waals surface area contributed by atoms with Crippen molar-refractivity contribution in [1.82, 2.24) is 15.0 Å². The number of hydrogen-bond donors (Lipinski definition) is 1. The number of carbonyl (C=O) groups excluding carboxylic acids is 2. The molecule has 1 N–H and O–H groups in total.